The average Bonchev–Trinajstić information content (AvgIpc) is 2.91. The number of carbonyl (C=O) groups excluding carboxylic acids is 2. The fourth-order valence-electron chi connectivity index (χ4n) is 4.29. The fraction of sp³-hybridized carbons (Fsp3) is 0.286. The predicted octanol–water partition coefficient (Wildman–Crippen LogP) is 4.45. The van der Waals surface area contributed by atoms with Crippen LogP contribution in [0.1, 0.15) is 37.8 Å². The zero-order valence-electron chi connectivity index (χ0n) is 19.3. The van der Waals surface area contributed by atoms with Gasteiger partial charge >= 0.3 is 0 Å². The molecular formula is C28H31N3O2. The molecule has 0 spiro atoms. The lowest BCUT2D eigenvalue weighted by molar-refractivity contribution is -0.128. The van der Waals surface area contributed by atoms with Gasteiger partial charge in [0, 0.05) is 17.6 Å². The normalized spacial score (nSPS) is 16.2. The fourth-order valence-corrected chi connectivity index (χ4v) is 4.29. The molecule has 3 aromatic rings. The molecule has 1 atom stereocenters. The van der Waals surface area contributed by atoms with E-state index in [1.54, 1.807) is 4.90 Å². The first-order valence-corrected chi connectivity index (χ1v) is 11.4. The van der Waals surface area contributed by atoms with E-state index in [1.807, 2.05) is 50.2 Å². The molecule has 0 fully saturated rings. The Hall–Kier alpha value is -3.44. The van der Waals surface area contributed by atoms with Crippen molar-refractivity contribution in [1.29, 1.82) is 0 Å². The highest BCUT2D eigenvalue weighted by atomic mass is 16.2. The van der Waals surface area contributed by atoms with Gasteiger partial charge in [-0.05, 0) is 55.0 Å². The molecule has 0 saturated heterocycles. The standard InChI is InChI=1S/C28H31N3O2/c1-28(2,29)18-26(32)30-24-17-16-23-10-6-7-11-25(23)31(27(24)33)19-20-12-14-22(15-13-20)21-8-4-3-5-9-21/h3-15,24H,16-19,29H2,1-2H3,(H,30,32)/t24-/m1/s1. The van der Waals surface area contributed by atoms with Gasteiger partial charge in [0.05, 0.1) is 6.54 Å². The number of rotatable bonds is 6. The van der Waals surface area contributed by atoms with Crippen molar-refractivity contribution in [3.05, 3.63) is 90.0 Å². The minimum Gasteiger partial charge on any atom is -0.344 e. The first-order chi connectivity index (χ1) is 15.8. The monoisotopic (exact) mass is 441 g/mol. The lowest BCUT2D eigenvalue weighted by Gasteiger charge is -2.27. The maximum atomic E-state index is 13.6. The van der Waals surface area contributed by atoms with Gasteiger partial charge in [-0.2, -0.15) is 0 Å². The summed E-state index contributed by atoms with van der Waals surface area (Å²) in [5.74, 6) is -0.283. The number of hydrogen-bond acceptors (Lipinski definition) is 3. The van der Waals surface area contributed by atoms with E-state index < -0.39 is 11.6 Å². The number of benzene rings is 3. The van der Waals surface area contributed by atoms with Crippen LogP contribution in [-0.4, -0.2) is 23.4 Å². The van der Waals surface area contributed by atoms with E-state index >= 15 is 0 Å². The van der Waals surface area contributed by atoms with Crippen molar-refractivity contribution >= 4 is 17.5 Å². The van der Waals surface area contributed by atoms with Crippen LogP contribution in [0.25, 0.3) is 11.1 Å². The van der Waals surface area contributed by atoms with Gasteiger partial charge in [-0.1, -0.05) is 72.8 Å². The Labute approximate surface area is 195 Å². The summed E-state index contributed by atoms with van der Waals surface area (Å²) < 4.78 is 0. The van der Waals surface area contributed by atoms with Crippen LogP contribution in [-0.2, 0) is 22.6 Å². The Morgan fingerprint density at radius 3 is 2.30 bits per heavy atom. The summed E-state index contributed by atoms with van der Waals surface area (Å²) in [6.07, 6.45) is 1.46. The van der Waals surface area contributed by atoms with E-state index in [1.165, 1.54) is 0 Å². The second-order valence-corrected chi connectivity index (χ2v) is 9.44. The van der Waals surface area contributed by atoms with Crippen LogP contribution in [0.15, 0.2) is 78.9 Å². The Kier molecular flexibility index (Phi) is 6.61. The van der Waals surface area contributed by atoms with E-state index in [0.29, 0.717) is 13.0 Å². The van der Waals surface area contributed by atoms with Gasteiger partial charge in [0.2, 0.25) is 11.8 Å². The molecule has 0 radical (unpaired) electrons. The third-order valence-corrected chi connectivity index (χ3v) is 5.90. The molecule has 1 heterocycles. The topological polar surface area (TPSA) is 75.4 Å². The van der Waals surface area contributed by atoms with Crippen molar-refractivity contribution in [2.75, 3.05) is 4.90 Å². The van der Waals surface area contributed by atoms with Gasteiger partial charge in [0.1, 0.15) is 6.04 Å². The summed E-state index contributed by atoms with van der Waals surface area (Å²) in [4.78, 5) is 27.9. The molecule has 2 amide bonds. The van der Waals surface area contributed by atoms with Crippen LogP contribution in [0.5, 0.6) is 0 Å². The third kappa shape index (κ3) is 5.68. The summed E-state index contributed by atoms with van der Waals surface area (Å²) in [6, 6.07) is 25.9. The third-order valence-electron chi connectivity index (χ3n) is 5.90. The highest BCUT2D eigenvalue weighted by Gasteiger charge is 2.32. The maximum Gasteiger partial charge on any atom is 0.249 e. The molecule has 170 valence electrons. The van der Waals surface area contributed by atoms with Gasteiger partial charge in [-0.25, -0.2) is 0 Å². The molecule has 0 aromatic heterocycles. The second-order valence-electron chi connectivity index (χ2n) is 9.44. The highest BCUT2D eigenvalue weighted by molar-refractivity contribution is 6.00. The smallest absolute Gasteiger partial charge is 0.249 e. The number of hydrogen-bond donors (Lipinski definition) is 2. The minimum atomic E-state index is -0.624. The van der Waals surface area contributed by atoms with Gasteiger partial charge < -0.3 is 16.0 Å². The first-order valence-electron chi connectivity index (χ1n) is 11.4. The zero-order valence-corrected chi connectivity index (χ0v) is 19.3. The number of nitrogens with two attached hydrogens (primary N) is 1. The number of nitrogens with zero attached hydrogens (tertiary/aromatic N) is 1. The van der Waals surface area contributed by atoms with E-state index in [4.69, 9.17) is 5.73 Å². The number of anilines is 1. The molecule has 5 nitrogen and oxygen atoms in total. The summed E-state index contributed by atoms with van der Waals surface area (Å²) in [5, 5.41) is 2.94. The predicted molar refractivity (Wildman–Crippen MR) is 133 cm³/mol. The van der Waals surface area contributed by atoms with Crippen molar-refractivity contribution < 1.29 is 9.59 Å². The minimum absolute atomic E-state index is 0.0877. The summed E-state index contributed by atoms with van der Waals surface area (Å²) in [6.45, 7) is 4.06. The molecule has 5 heteroatoms. The van der Waals surface area contributed by atoms with E-state index in [-0.39, 0.29) is 18.2 Å². The molecule has 0 aliphatic carbocycles. The molecular weight excluding hydrogens is 410 g/mol. The summed E-state index contributed by atoms with van der Waals surface area (Å²) in [7, 11) is 0. The van der Waals surface area contributed by atoms with Crippen LogP contribution in [0.3, 0.4) is 0 Å². The van der Waals surface area contributed by atoms with Crippen LogP contribution >= 0.6 is 0 Å². The van der Waals surface area contributed by atoms with Crippen LogP contribution in [0.4, 0.5) is 5.69 Å². The molecule has 0 unspecified atom stereocenters. The highest BCUT2D eigenvalue weighted by Crippen LogP contribution is 2.29. The molecule has 4 rings (SSSR count). The Bertz CT molecular complexity index is 1120. The SMILES string of the molecule is CC(C)(N)CC(=O)N[C@@H]1CCc2ccccc2N(Cc2ccc(-c3ccccc3)cc2)C1=O. The van der Waals surface area contributed by atoms with E-state index in [0.717, 1.165) is 34.4 Å². The maximum absolute atomic E-state index is 13.6. The van der Waals surface area contributed by atoms with Crippen molar-refractivity contribution in [2.45, 2.75) is 51.2 Å². The van der Waals surface area contributed by atoms with Crippen molar-refractivity contribution in [2.24, 2.45) is 5.73 Å². The molecule has 0 bridgehead atoms. The van der Waals surface area contributed by atoms with Gasteiger partial charge in [-0.15, -0.1) is 0 Å². The van der Waals surface area contributed by atoms with Gasteiger partial charge in [0.25, 0.3) is 0 Å². The molecule has 0 saturated carbocycles. The van der Waals surface area contributed by atoms with E-state index in [9.17, 15) is 9.59 Å². The van der Waals surface area contributed by atoms with Gasteiger partial charge in [0.15, 0.2) is 0 Å². The van der Waals surface area contributed by atoms with E-state index in [2.05, 4.69) is 47.8 Å². The van der Waals surface area contributed by atoms with Crippen molar-refractivity contribution in [1.82, 2.24) is 5.32 Å². The molecule has 1 aliphatic rings. The number of fused-ring (bicyclic) bond motifs is 1. The largest absolute Gasteiger partial charge is 0.344 e. The number of nitrogens with one attached hydrogen (secondary N) is 1. The van der Waals surface area contributed by atoms with Crippen molar-refractivity contribution in [3.63, 3.8) is 0 Å². The molecule has 33 heavy (non-hydrogen) atoms. The number of carbonyl (C=O) groups is 2. The lowest BCUT2D eigenvalue weighted by Crippen LogP contribution is -2.49. The lowest BCUT2D eigenvalue weighted by atomic mass is 10.0. The average molecular weight is 442 g/mol. The molecule has 1 aliphatic heterocycles. The van der Waals surface area contributed by atoms with Crippen LogP contribution in [0.2, 0.25) is 0 Å². The number of amides is 2. The zero-order chi connectivity index (χ0) is 23.4. The molecule has 3 aromatic carbocycles. The quantitative estimate of drug-likeness (QED) is 0.594. The van der Waals surface area contributed by atoms with Crippen LogP contribution in [0, 0.1) is 0 Å². The molecule has 3 N–H and O–H groups in total. The van der Waals surface area contributed by atoms with Crippen molar-refractivity contribution in [3.8, 4) is 11.1 Å². The number of aryl methyl sites for hydroxylation is 1. The Balaban J connectivity index is 1.57. The van der Waals surface area contributed by atoms with Crippen LogP contribution < -0.4 is 16.0 Å². The Morgan fingerprint density at radius 1 is 0.970 bits per heavy atom. The second kappa shape index (κ2) is 9.59. The Morgan fingerprint density at radius 2 is 1.61 bits per heavy atom. The summed E-state index contributed by atoms with van der Waals surface area (Å²) >= 11 is 0. The number of para-hydroxylation sites is 1. The summed E-state index contributed by atoms with van der Waals surface area (Å²) in [5.41, 5.74) is 10.7. The van der Waals surface area contributed by atoms with Gasteiger partial charge in [-0.3, -0.25) is 9.59 Å². The first kappa shape index (κ1) is 22.7.